The largest absolute Gasteiger partial charge is 0.369 e. The van der Waals surface area contributed by atoms with E-state index in [9.17, 15) is 10.1 Å². The van der Waals surface area contributed by atoms with Gasteiger partial charge >= 0.3 is 0 Å². The fraction of sp³-hybridized carbons (Fsp3) is 0.476. The molecule has 1 aromatic carbocycles. The summed E-state index contributed by atoms with van der Waals surface area (Å²) in [5.74, 6) is 0.360. The Balaban J connectivity index is 1.53. The van der Waals surface area contributed by atoms with Crippen LogP contribution in [0.25, 0.3) is 0 Å². The molecule has 0 bridgehead atoms. The highest BCUT2D eigenvalue weighted by Gasteiger charge is 2.42. The monoisotopic (exact) mass is 364 g/mol. The zero-order valence-electron chi connectivity index (χ0n) is 15.5. The molecule has 3 atom stereocenters. The molecule has 1 unspecified atom stereocenters. The highest BCUT2D eigenvalue weighted by atomic mass is 16.5. The maximum Gasteiger partial charge on any atom is 0.227 e. The van der Waals surface area contributed by atoms with E-state index in [2.05, 4.69) is 22.4 Å². The lowest BCUT2D eigenvalue weighted by Gasteiger charge is -2.34. The predicted octanol–water partition coefficient (Wildman–Crippen LogP) is 2.55. The molecule has 27 heavy (non-hydrogen) atoms. The average Bonchev–Trinajstić information content (AvgIpc) is 3.36. The van der Waals surface area contributed by atoms with Crippen LogP contribution in [0.3, 0.4) is 0 Å². The lowest BCUT2D eigenvalue weighted by atomic mass is 9.78. The summed E-state index contributed by atoms with van der Waals surface area (Å²) >= 11 is 0. The highest BCUT2D eigenvalue weighted by Crippen LogP contribution is 2.35. The number of hydrogen-bond acceptors (Lipinski definition) is 4. The van der Waals surface area contributed by atoms with Gasteiger partial charge in [0.1, 0.15) is 17.5 Å². The smallest absolute Gasteiger partial charge is 0.227 e. The molecule has 6 heteroatoms. The van der Waals surface area contributed by atoms with Gasteiger partial charge in [-0.1, -0.05) is 24.3 Å². The van der Waals surface area contributed by atoms with Crippen molar-refractivity contribution in [3.8, 4) is 6.07 Å². The number of aryl methyl sites for hydroxylation is 2. The van der Waals surface area contributed by atoms with Gasteiger partial charge < -0.3 is 14.6 Å². The number of rotatable bonds is 4. The molecule has 1 fully saturated rings. The summed E-state index contributed by atoms with van der Waals surface area (Å²) in [6.45, 7) is 3.35. The molecular formula is C21H24N4O2. The average molecular weight is 364 g/mol. The number of nitriles is 1. The Morgan fingerprint density at radius 2 is 2.26 bits per heavy atom. The molecule has 0 spiro atoms. The summed E-state index contributed by atoms with van der Waals surface area (Å²) in [4.78, 5) is 17.5. The van der Waals surface area contributed by atoms with E-state index in [1.807, 2.05) is 35.9 Å². The van der Waals surface area contributed by atoms with Crippen molar-refractivity contribution in [2.75, 3.05) is 6.61 Å². The zero-order valence-corrected chi connectivity index (χ0v) is 15.5. The number of imidazole rings is 1. The van der Waals surface area contributed by atoms with E-state index in [4.69, 9.17) is 4.74 Å². The Labute approximate surface area is 159 Å². The molecule has 0 radical (unpaired) electrons. The summed E-state index contributed by atoms with van der Waals surface area (Å²) in [6, 6.07) is 10.5. The van der Waals surface area contributed by atoms with Crippen molar-refractivity contribution in [1.29, 1.82) is 5.26 Å². The normalized spacial score (nSPS) is 27.0. The number of nitrogens with zero attached hydrogens (tertiary/aromatic N) is 3. The van der Waals surface area contributed by atoms with Gasteiger partial charge in [0.2, 0.25) is 5.91 Å². The van der Waals surface area contributed by atoms with Crippen molar-refractivity contribution in [2.45, 2.75) is 50.8 Å². The third kappa shape index (κ3) is 3.24. The third-order valence-electron chi connectivity index (χ3n) is 5.78. The Morgan fingerprint density at radius 1 is 1.44 bits per heavy atom. The lowest BCUT2D eigenvalue weighted by molar-refractivity contribution is -0.128. The van der Waals surface area contributed by atoms with Gasteiger partial charge in [0, 0.05) is 32.0 Å². The van der Waals surface area contributed by atoms with E-state index in [1.165, 1.54) is 5.56 Å². The van der Waals surface area contributed by atoms with E-state index in [0.717, 1.165) is 24.4 Å². The van der Waals surface area contributed by atoms with Crippen LogP contribution in [0.2, 0.25) is 0 Å². The molecule has 2 aromatic rings. The Morgan fingerprint density at radius 3 is 3.04 bits per heavy atom. The second-order valence-electron chi connectivity index (χ2n) is 7.39. The van der Waals surface area contributed by atoms with Crippen LogP contribution in [-0.4, -0.2) is 27.6 Å². The number of amides is 1. The van der Waals surface area contributed by atoms with Crippen LogP contribution >= 0.6 is 0 Å². The number of fused-ring (bicyclic) bond motifs is 1. The third-order valence-corrected chi connectivity index (χ3v) is 5.78. The Hall–Kier alpha value is -2.65. The van der Waals surface area contributed by atoms with Crippen molar-refractivity contribution < 1.29 is 9.53 Å². The van der Waals surface area contributed by atoms with Gasteiger partial charge in [0.05, 0.1) is 12.0 Å². The van der Waals surface area contributed by atoms with Gasteiger partial charge in [0.25, 0.3) is 0 Å². The van der Waals surface area contributed by atoms with Crippen molar-refractivity contribution in [1.82, 2.24) is 14.9 Å². The van der Waals surface area contributed by atoms with E-state index in [0.29, 0.717) is 25.9 Å². The van der Waals surface area contributed by atoms with Crippen molar-refractivity contribution >= 4 is 5.91 Å². The number of ether oxygens (including phenoxy) is 1. The highest BCUT2D eigenvalue weighted by molar-refractivity contribution is 5.81. The molecule has 1 aliphatic carbocycles. The van der Waals surface area contributed by atoms with Crippen molar-refractivity contribution in [2.24, 2.45) is 5.92 Å². The molecule has 0 saturated carbocycles. The molecule has 1 saturated heterocycles. The minimum absolute atomic E-state index is 0.107. The van der Waals surface area contributed by atoms with E-state index < -0.39 is 5.54 Å². The molecule has 2 aliphatic rings. The minimum atomic E-state index is -0.848. The van der Waals surface area contributed by atoms with Gasteiger partial charge in [-0.05, 0) is 37.3 Å². The second-order valence-corrected chi connectivity index (χ2v) is 7.39. The number of carbonyl (C=O) groups is 1. The second kappa shape index (κ2) is 7.16. The maximum absolute atomic E-state index is 13.1. The topological polar surface area (TPSA) is 79.9 Å². The summed E-state index contributed by atoms with van der Waals surface area (Å²) in [6.07, 6.45) is 5.92. The molecule has 140 valence electrons. The summed E-state index contributed by atoms with van der Waals surface area (Å²) in [7, 11) is 0. The van der Waals surface area contributed by atoms with Crippen molar-refractivity contribution in [3.63, 3.8) is 0 Å². The molecule has 2 heterocycles. The summed E-state index contributed by atoms with van der Waals surface area (Å²) in [5.41, 5.74) is 1.56. The quantitative estimate of drug-likeness (QED) is 0.904. The summed E-state index contributed by atoms with van der Waals surface area (Å²) < 4.78 is 7.87. The molecule has 1 aromatic heterocycles. The van der Waals surface area contributed by atoms with Gasteiger partial charge in [-0.3, -0.25) is 4.79 Å². The molecule has 1 amide bonds. The van der Waals surface area contributed by atoms with Crippen LogP contribution in [-0.2, 0) is 28.9 Å². The Bertz CT molecular complexity index is 884. The van der Waals surface area contributed by atoms with Gasteiger partial charge in [-0.25, -0.2) is 4.98 Å². The molecule has 4 rings (SSSR count). The van der Waals surface area contributed by atoms with Crippen molar-refractivity contribution in [3.05, 3.63) is 53.6 Å². The fourth-order valence-electron chi connectivity index (χ4n) is 4.25. The van der Waals surface area contributed by atoms with Crippen LogP contribution in [0.1, 0.15) is 42.8 Å². The number of aromatic nitrogens is 2. The van der Waals surface area contributed by atoms with Crippen LogP contribution in [0.5, 0.6) is 0 Å². The SMILES string of the molecule is CCn1ccnc1[C@@H]1OCC[C@H]1C(=O)NC1(C#N)CCc2ccccc2C1. The molecule has 1 N–H and O–H groups in total. The number of hydrogen-bond donors (Lipinski definition) is 1. The first-order chi connectivity index (χ1) is 13.2. The summed E-state index contributed by atoms with van der Waals surface area (Å²) in [5, 5.41) is 13.0. The number of carbonyl (C=O) groups excluding carboxylic acids is 1. The molecular weight excluding hydrogens is 340 g/mol. The number of nitrogens with one attached hydrogen (secondary N) is 1. The van der Waals surface area contributed by atoms with Crippen LogP contribution < -0.4 is 5.32 Å². The van der Waals surface area contributed by atoms with Crippen LogP contribution in [0.4, 0.5) is 0 Å². The van der Waals surface area contributed by atoms with E-state index in [1.54, 1.807) is 6.20 Å². The zero-order chi connectivity index (χ0) is 18.9. The number of benzene rings is 1. The Kier molecular flexibility index (Phi) is 4.71. The first kappa shape index (κ1) is 17.7. The fourth-order valence-corrected chi connectivity index (χ4v) is 4.25. The predicted molar refractivity (Wildman–Crippen MR) is 99.7 cm³/mol. The minimum Gasteiger partial charge on any atom is -0.369 e. The maximum atomic E-state index is 13.1. The molecule has 6 nitrogen and oxygen atoms in total. The first-order valence-corrected chi connectivity index (χ1v) is 9.58. The lowest BCUT2D eigenvalue weighted by Crippen LogP contribution is -2.53. The van der Waals surface area contributed by atoms with Crippen LogP contribution in [0, 0.1) is 17.2 Å². The van der Waals surface area contributed by atoms with E-state index >= 15 is 0 Å². The van der Waals surface area contributed by atoms with Gasteiger partial charge in [-0.2, -0.15) is 5.26 Å². The molecule has 1 aliphatic heterocycles. The standard InChI is InChI=1S/C21H24N4O2/c1-2-25-11-10-23-19(25)18-17(8-12-27-18)20(26)24-21(14-22)9-7-15-5-3-4-6-16(15)13-21/h3-6,10-11,17-18H,2,7-9,12-13H2,1H3,(H,24,26)/t17-,18-,21?/m1/s1. The van der Waals surface area contributed by atoms with E-state index in [-0.39, 0.29) is 17.9 Å². The van der Waals surface area contributed by atoms with Gasteiger partial charge in [-0.15, -0.1) is 0 Å². The van der Waals surface area contributed by atoms with Crippen LogP contribution in [0.15, 0.2) is 36.7 Å². The van der Waals surface area contributed by atoms with Gasteiger partial charge in [0.15, 0.2) is 0 Å². The first-order valence-electron chi connectivity index (χ1n) is 9.58.